The lowest BCUT2D eigenvalue weighted by Crippen LogP contribution is -2.11. The highest BCUT2D eigenvalue weighted by atomic mass is 32.2. The van der Waals surface area contributed by atoms with Crippen LogP contribution < -0.4 is 4.74 Å². The van der Waals surface area contributed by atoms with Gasteiger partial charge < -0.3 is 19.1 Å². The number of hydrogen-bond donors (Lipinski definition) is 1. The topological polar surface area (TPSA) is 86.5 Å². The minimum Gasteiger partial charge on any atom is -0.504 e. The molecule has 4 rings (SSSR count). The van der Waals surface area contributed by atoms with Crippen LogP contribution in [0.25, 0.3) is 10.9 Å². The average molecular weight is 464 g/mol. The van der Waals surface area contributed by atoms with Crippen molar-refractivity contribution >= 4 is 28.6 Å². The van der Waals surface area contributed by atoms with Gasteiger partial charge in [-0.2, -0.15) is 0 Å². The van der Waals surface area contributed by atoms with E-state index in [-0.39, 0.29) is 12.4 Å². The summed E-state index contributed by atoms with van der Waals surface area (Å²) in [5.74, 6) is 1.21. The van der Waals surface area contributed by atoms with Crippen molar-refractivity contribution in [2.24, 2.45) is 0 Å². The first-order valence-electron chi connectivity index (χ1n) is 10.6. The number of rotatable bonds is 8. The molecule has 0 fully saturated rings. The molecular formula is C25H25N3O4S. The molecule has 7 nitrogen and oxygen atoms in total. The predicted octanol–water partition coefficient (Wildman–Crippen LogP) is 4.97. The number of phenolic OH excluding ortho intramolecular Hbond substituents is 1. The molecule has 2 aromatic heterocycles. The number of hydrogen-bond acceptors (Lipinski definition) is 7. The Labute approximate surface area is 196 Å². The summed E-state index contributed by atoms with van der Waals surface area (Å²) in [4.78, 5) is 23.0. The average Bonchev–Trinajstić information content (AvgIpc) is 3.24. The number of thioether (sulfide) groups is 1. The van der Waals surface area contributed by atoms with Gasteiger partial charge in [-0.25, -0.2) is 9.78 Å². The van der Waals surface area contributed by atoms with Crippen LogP contribution in [-0.2, 0) is 17.0 Å². The molecule has 0 atom stereocenters. The maximum Gasteiger partial charge on any atom is 0.340 e. The largest absolute Gasteiger partial charge is 0.504 e. The molecule has 0 unspecified atom stereocenters. The van der Waals surface area contributed by atoms with E-state index in [1.54, 1.807) is 37.0 Å². The normalized spacial score (nSPS) is 11.0. The molecule has 2 aromatic carbocycles. The van der Waals surface area contributed by atoms with Crippen molar-refractivity contribution in [1.82, 2.24) is 14.5 Å². The second-order valence-corrected chi connectivity index (χ2v) is 8.43. The zero-order valence-corrected chi connectivity index (χ0v) is 19.6. The first kappa shape index (κ1) is 22.7. The van der Waals surface area contributed by atoms with Crippen molar-refractivity contribution < 1.29 is 19.4 Å². The van der Waals surface area contributed by atoms with Gasteiger partial charge in [-0.15, -0.1) is 11.8 Å². The van der Waals surface area contributed by atoms with Crippen molar-refractivity contribution in [1.29, 1.82) is 0 Å². The number of ether oxygens (including phenoxy) is 2. The van der Waals surface area contributed by atoms with Gasteiger partial charge in [-0.3, -0.25) is 4.98 Å². The van der Waals surface area contributed by atoms with Gasteiger partial charge >= 0.3 is 5.97 Å². The highest BCUT2D eigenvalue weighted by molar-refractivity contribution is 7.98. The predicted molar refractivity (Wildman–Crippen MR) is 128 cm³/mol. The molecule has 8 heteroatoms. The van der Waals surface area contributed by atoms with E-state index >= 15 is 0 Å². The van der Waals surface area contributed by atoms with Crippen LogP contribution in [0, 0.1) is 6.92 Å². The van der Waals surface area contributed by atoms with Crippen LogP contribution in [0.5, 0.6) is 11.5 Å². The summed E-state index contributed by atoms with van der Waals surface area (Å²) in [5.41, 5.74) is 2.22. The number of fused-ring (bicyclic) bond motifs is 1. The highest BCUT2D eigenvalue weighted by Gasteiger charge is 2.21. The summed E-state index contributed by atoms with van der Waals surface area (Å²) >= 11 is 1.58. The summed E-state index contributed by atoms with van der Waals surface area (Å²) in [6, 6.07) is 13.4. The van der Waals surface area contributed by atoms with Gasteiger partial charge in [-0.05, 0) is 38.1 Å². The zero-order chi connectivity index (χ0) is 23.4. The Bertz CT molecular complexity index is 1290. The van der Waals surface area contributed by atoms with Gasteiger partial charge in [0.25, 0.3) is 0 Å². The first-order chi connectivity index (χ1) is 16.0. The summed E-state index contributed by atoms with van der Waals surface area (Å²) in [6.45, 7) is 4.31. The van der Waals surface area contributed by atoms with Gasteiger partial charge in [0, 0.05) is 34.0 Å². The monoisotopic (exact) mass is 463 g/mol. The number of aromatic hydroxyl groups is 1. The summed E-state index contributed by atoms with van der Waals surface area (Å²) in [7, 11) is 1.50. The van der Waals surface area contributed by atoms with Crippen molar-refractivity contribution in [2.75, 3.05) is 13.7 Å². The Morgan fingerprint density at radius 3 is 2.67 bits per heavy atom. The number of carbonyl (C=O) groups is 1. The summed E-state index contributed by atoms with van der Waals surface area (Å²) in [5, 5.41) is 11.6. The lowest BCUT2D eigenvalue weighted by Gasteiger charge is -2.16. The van der Waals surface area contributed by atoms with Gasteiger partial charge in [0.05, 0.1) is 37.0 Å². The van der Waals surface area contributed by atoms with E-state index in [1.165, 1.54) is 7.11 Å². The second kappa shape index (κ2) is 9.95. The third-order valence-corrected chi connectivity index (χ3v) is 6.33. The highest BCUT2D eigenvalue weighted by Crippen LogP contribution is 2.38. The number of carbonyl (C=O) groups excluding carboxylic acids is 1. The maximum atomic E-state index is 12.8. The molecule has 0 spiro atoms. The molecule has 0 saturated carbocycles. The van der Waals surface area contributed by atoms with Gasteiger partial charge in [0.15, 0.2) is 11.5 Å². The molecule has 0 bridgehead atoms. The molecule has 0 radical (unpaired) electrons. The van der Waals surface area contributed by atoms with Gasteiger partial charge in [0.1, 0.15) is 5.82 Å². The van der Waals surface area contributed by atoms with Crippen LogP contribution in [-0.4, -0.2) is 39.3 Å². The first-order valence-corrected chi connectivity index (χ1v) is 11.6. The Hall–Kier alpha value is -3.52. The third-order valence-electron chi connectivity index (χ3n) is 5.31. The molecular weight excluding hydrogens is 438 g/mol. The lowest BCUT2D eigenvalue weighted by atomic mass is 10.0. The van der Waals surface area contributed by atoms with Crippen LogP contribution in [0.1, 0.15) is 34.4 Å². The molecule has 0 aliphatic carbocycles. The molecule has 0 aliphatic rings. The van der Waals surface area contributed by atoms with Crippen LogP contribution in [0.4, 0.5) is 0 Å². The summed E-state index contributed by atoms with van der Waals surface area (Å²) < 4.78 is 12.6. The fourth-order valence-corrected chi connectivity index (χ4v) is 4.47. The van der Waals surface area contributed by atoms with Gasteiger partial charge in [0.2, 0.25) is 0 Å². The molecule has 2 heterocycles. The Morgan fingerprint density at radius 2 is 2.00 bits per heavy atom. The second-order valence-electron chi connectivity index (χ2n) is 7.38. The van der Waals surface area contributed by atoms with Crippen LogP contribution in [0.15, 0.2) is 59.8 Å². The molecule has 1 N–H and O–H groups in total. The smallest absolute Gasteiger partial charge is 0.340 e. The van der Waals surface area contributed by atoms with E-state index in [2.05, 4.69) is 4.98 Å². The molecule has 0 saturated heterocycles. The lowest BCUT2D eigenvalue weighted by molar-refractivity contribution is 0.0525. The van der Waals surface area contributed by atoms with E-state index in [0.29, 0.717) is 45.8 Å². The molecule has 0 amide bonds. The van der Waals surface area contributed by atoms with Gasteiger partial charge in [-0.1, -0.05) is 18.2 Å². The molecule has 0 aliphatic heterocycles. The minimum absolute atomic E-state index is 0.0242. The van der Waals surface area contributed by atoms with Crippen molar-refractivity contribution in [2.45, 2.75) is 31.0 Å². The number of benzene rings is 2. The van der Waals surface area contributed by atoms with E-state index < -0.39 is 5.97 Å². The van der Waals surface area contributed by atoms with Crippen LogP contribution >= 0.6 is 11.8 Å². The number of imidazole rings is 1. The number of phenols is 1. The minimum atomic E-state index is -0.422. The number of nitrogens with zero attached hydrogens (tertiary/aromatic N) is 3. The Kier molecular flexibility index (Phi) is 6.84. The maximum absolute atomic E-state index is 12.8. The van der Waals surface area contributed by atoms with Crippen LogP contribution in [0.2, 0.25) is 0 Å². The van der Waals surface area contributed by atoms with Crippen LogP contribution in [0.3, 0.4) is 0 Å². The standard InChI is InChI=1S/C25H25N3O4S/c1-4-32-25(30)19-12-17-13-22(31-3)24(29)20(14-28-11-10-26-16(28)2)23(17)27-21(19)15-33-18-8-6-5-7-9-18/h5-13,29H,4,14-15H2,1-3H3. The summed E-state index contributed by atoms with van der Waals surface area (Å²) in [6.07, 6.45) is 3.56. The van der Waals surface area contributed by atoms with E-state index in [4.69, 9.17) is 14.5 Å². The number of aromatic nitrogens is 3. The van der Waals surface area contributed by atoms with Crippen molar-refractivity contribution in [3.63, 3.8) is 0 Å². The number of aryl methyl sites for hydroxylation is 1. The van der Waals surface area contributed by atoms with Crippen molar-refractivity contribution in [3.8, 4) is 11.5 Å². The van der Waals surface area contributed by atoms with E-state index in [1.807, 2.05) is 48.0 Å². The Balaban J connectivity index is 1.86. The number of esters is 1. The fraction of sp³-hybridized carbons (Fsp3) is 0.240. The van der Waals surface area contributed by atoms with E-state index in [9.17, 15) is 9.90 Å². The SMILES string of the molecule is CCOC(=O)c1cc2cc(OC)c(O)c(Cn3ccnc3C)c2nc1CSc1ccccc1. The quantitative estimate of drug-likeness (QED) is 0.292. The Morgan fingerprint density at radius 1 is 1.21 bits per heavy atom. The van der Waals surface area contributed by atoms with E-state index in [0.717, 1.165) is 10.7 Å². The third kappa shape index (κ3) is 4.80. The van der Waals surface area contributed by atoms with Crippen molar-refractivity contribution in [3.05, 3.63) is 77.5 Å². The number of methoxy groups -OCH3 is 1. The molecule has 4 aromatic rings. The fourth-order valence-electron chi connectivity index (χ4n) is 3.60. The number of pyridine rings is 1. The molecule has 33 heavy (non-hydrogen) atoms. The zero-order valence-electron chi connectivity index (χ0n) is 18.7. The molecule has 170 valence electrons.